The minimum Gasteiger partial charge on any atom is -0.481 e. The van der Waals surface area contributed by atoms with Crippen molar-refractivity contribution in [2.75, 3.05) is 26.9 Å². The number of carbonyl (C=O) groups is 3. The van der Waals surface area contributed by atoms with E-state index in [9.17, 15) is 14.4 Å². The summed E-state index contributed by atoms with van der Waals surface area (Å²) < 4.78 is 21.0. The van der Waals surface area contributed by atoms with E-state index in [-0.39, 0.29) is 6.61 Å². The number of benzene rings is 1. The van der Waals surface area contributed by atoms with E-state index >= 15 is 0 Å². The Morgan fingerprint density at radius 1 is 1.11 bits per heavy atom. The molecule has 1 atom stereocenters. The molecule has 2 rings (SSSR count). The van der Waals surface area contributed by atoms with Gasteiger partial charge < -0.3 is 29.6 Å². The van der Waals surface area contributed by atoms with Crippen LogP contribution in [0, 0.1) is 11.8 Å². The monoisotopic (exact) mass is 486 g/mol. The maximum Gasteiger partial charge on any atom is 0.408 e. The van der Waals surface area contributed by atoms with Gasteiger partial charge in [-0.05, 0) is 65.0 Å². The van der Waals surface area contributed by atoms with Gasteiger partial charge in [0.15, 0.2) is 0 Å². The van der Waals surface area contributed by atoms with Crippen LogP contribution in [0.4, 0.5) is 4.79 Å². The number of carbonyl (C=O) groups excluding carboxylic acids is 3. The number of amides is 2. The predicted octanol–water partition coefficient (Wildman–Crippen LogP) is 2.99. The normalized spacial score (nSPS) is 14.4. The Hall–Kier alpha value is -3.51. The third-order valence-electron chi connectivity index (χ3n) is 4.90. The van der Waals surface area contributed by atoms with Crippen molar-refractivity contribution in [1.29, 1.82) is 0 Å². The van der Waals surface area contributed by atoms with E-state index in [1.54, 1.807) is 58.9 Å². The molecule has 0 aliphatic carbocycles. The summed E-state index contributed by atoms with van der Waals surface area (Å²) in [5.41, 5.74) is -0.581. The van der Waals surface area contributed by atoms with Gasteiger partial charge in [-0.2, -0.15) is 0 Å². The van der Waals surface area contributed by atoms with Crippen LogP contribution < -0.4 is 15.4 Å². The first-order valence-corrected chi connectivity index (χ1v) is 11.3. The number of ether oxygens (including phenoxy) is 4. The van der Waals surface area contributed by atoms with Crippen molar-refractivity contribution < 1.29 is 33.3 Å². The van der Waals surface area contributed by atoms with E-state index in [2.05, 4.69) is 22.5 Å². The van der Waals surface area contributed by atoms with Gasteiger partial charge in [0.25, 0.3) is 5.91 Å². The fourth-order valence-corrected chi connectivity index (χ4v) is 3.12. The number of hydrogen-bond acceptors (Lipinski definition) is 7. The quantitative estimate of drug-likeness (QED) is 0.450. The van der Waals surface area contributed by atoms with Crippen molar-refractivity contribution in [2.45, 2.75) is 58.2 Å². The standard InChI is InChI=1S/C26H34N2O7/c1-25(2,3)35-24(31)28-26(4,5)21(23(30)32-6)27-22(29)19-9-11-20(12-10-19)34-15-7-8-18-13-16-33-17-14-18/h9-13,21H,14-17H2,1-6H3,(H,27,29)(H,28,31). The largest absolute Gasteiger partial charge is 0.481 e. The molecule has 35 heavy (non-hydrogen) atoms. The molecule has 2 amide bonds. The van der Waals surface area contributed by atoms with Gasteiger partial charge in [0, 0.05) is 17.6 Å². The summed E-state index contributed by atoms with van der Waals surface area (Å²) in [5, 5.41) is 5.26. The third kappa shape index (κ3) is 9.33. The fourth-order valence-electron chi connectivity index (χ4n) is 3.12. The SMILES string of the molecule is COC(=O)C(NC(=O)c1ccc(OCC#CC2=CCOCC2)cc1)C(C)(C)NC(=O)OC(C)(C)C. The first-order valence-electron chi connectivity index (χ1n) is 11.3. The molecule has 9 heteroatoms. The highest BCUT2D eigenvalue weighted by atomic mass is 16.6. The molecule has 2 N–H and O–H groups in total. The van der Waals surface area contributed by atoms with E-state index in [1.165, 1.54) is 7.11 Å². The second-order valence-corrected chi connectivity index (χ2v) is 9.45. The van der Waals surface area contributed by atoms with Crippen molar-refractivity contribution in [3.63, 3.8) is 0 Å². The summed E-state index contributed by atoms with van der Waals surface area (Å²) >= 11 is 0. The minimum absolute atomic E-state index is 0.207. The Morgan fingerprint density at radius 2 is 1.80 bits per heavy atom. The number of hydrogen-bond donors (Lipinski definition) is 2. The molecule has 0 spiro atoms. The van der Waals surface area contributed by atoms with Gasteiger partial charge in [-0.25, -0.2) is 9.59 Å². The third-order valence-corrected chi connectivity index (χ3v) is 4.90. The van der Waals surface area contributed by atoms with Crippen LogP contribution in [-0.2, 0) is 19.0 Å². The lowest BCUT2D eigenvalue weighted by Gasteiger charge is -2.34. The number of methoxy groups -OCH3 is 1. The van der Waals surface area contributed by atoms with Gasteiger partial charge in [-0.15, -0.1) is 0 Å². The molecule has 9 nitrogen and oxygen atoms in total. The zero-order valence-electron chi connectivity index (χ0n) is 21.2. The van der Waals surface area contributed by atoms with Gasteiger partial charge in [-0.1, -0.05) is 11.8 Å². The molecule has 1 unspecified atom stereocenters. The van der Waals surface area contributed by atoms with Crippen LogP contribution in [0.15, 0.2) is 35.9 Å². The Balaban J connectivity index is 2.00. The smallest absolute Gasteiger partial charge is 0.408 e. The number of esters is 1. The highest BCUT2D eigenvalue weighted by Crippen LogP contribution is 2.16. The summed E-state index contributed by atoms with van der Waals surface area (Å²) in [6, 6.07) is 5.25. The van der Waals surface area contributed by atoms with Crippen molar-refractivity contribution in [3.8, 4) is 17.6 Å². The highest BCUT2D eigenvalue weighted by Gasteiger charge is 2.39. The molecule has 1 aliphatic rings. The van der Waals surface area contributed by atoms with Crippen LogP contribution in [0.2, 0.25) is 0 Å². The molecule has 0 bridgehead atoms. The Morgan fingerprint density at radius 3 is 2.37 bits per heavy atom. The summed E-state index contributed by atoms with van der Waals surface area (Å²) in [6.45, 7) is 9.82. The van der Waals surface area contributed by atoms with Crippen LogP contribution in [0.25, 0.3) is 0 Å². The molecule has 1 heterocycles. The van der Waals surface area contributed by atoms with Gasteiger partial charge in [0.1, 0.15) is 24.0 Å². The first-order chi connectivity index (χ1) is 16.4. The molecular weight excluding hydrogens is 452 g/mol. The lowest BCUT2D eigenvalue weighted by atomic mass is 9.94. The molecule has 0 radical (unpaired) electrons. The number of rotatable bonds is 7. The highest BCUT2D eigenvalue weighted by molar-refractivity contribution is 5.97. The maximum atomic E-state index is 12.8. The topological polar surface area (TPSA) is 112 Å². The maximum absolute atomic E-state index is 12.8. The van der Waals surface area contributed by atoms with Crippen LogP contribution in [-0.4, -0.2) is 62.1 Å². The molecule has 1 aliphatic heterocycles. The van der Waals surface area contributed by atoms with Gasteiger partial charge in [0.2, 0.25) is 0 Å². The van der Waals surface area contributed by atoms with Crippen molar-refractivity contribution in [1.82, 2.24) is 10.6 Å². The van der Waals surface area contributed by atoms with Gasteiger partial charge >= 0.3 is 12.1 Å². The fraction of sp³-hybridized carbons (Fsp3) is 0.500. The second-order valence-electron chi connectivity index (χ2n) is 9.45. The lowest BCUT2D eigenvalue weighted by molar-refractivity contribution is -0.144. The van der Waals surface area contributed by atoms with Crippen molar-refractivity contribution in [2.24, 2.45) is 0 Å². The van der Waals surface area contributed by atoms with E-state index in [4.69, 9.17) is 18.9 Å². The molecule has 0 fully saturated rings. The van der Waals surface area contributed by atoms with Gasteiger partial charge in [0.05, 0.1) is 25.9 Å². The Labute approximate surface area is 206 Å². The molecular formula is C26H34N2O7. The molecule has 0 saturated carbocycles. The van der Waals surface area contributed by atoms with E-state index in [0.717, 1.165) is 12.0 Å². The Kier molecular flexibility index (Phi) is 9.72. The summed E-state index contributed by atoms with van der Waals surface area (Å²) in [4.78, 5) is 37.5. The van der Waals surface area contributed by atoms with Crippen molar-refractivity contribution >= 4 is 18.0 Å². The summed E-state index contributed by atoms with van der Waals surface area (Å²) in [7, 11) is 1.21. The zero-order chi connectivity index (χ0) is 26.1. The number of alkyl carbamates (subject to hydrolysis) is 1. The predicted molar refractivity (Wildman–Crippen MR) is 130 cm³/mol. The van der Waals surface area contributed by atoms with E-state index < -0.39 is 35.2 Å². The molecule has 0 aromatic heterocycles. The average molecular weight is 487 g/mol. The lowest BCUT2D eigenvalue weighted by Crippen LogP contribution is -2.62. The zero-order valence-corrected chi connectivity index (χ0v) is 21.2. The molecule has 190 valence electrons. The second kappa shape index (κ2) is 12.3. The van der Waals surface area contributed by atoms with Crippen molar-refractivity contribution in [3.05, 3.63) is 41.5 Å². The molecule has 1 aromatic carbocycles. The van der Waals surface area contributed by atoms with E-state index in [1.807, 2.05) is 6.08 Å². The summed E-state index contributed by atoms with van der Waals surface area (Å²) in [5.74, 6) is 5.34. The minimum atomic E-state index is -1.20. The number of nitrogens with one attached hydrogen (secondary N) is 2. The summed E-state index contributed by atoms with van der Waals surface area (Å²) in [6.07, 6.45) is 2.03. The Bertz CT molecular complexity index is 995. The van der Waals surface area contributed by atoms with Crippen LogP contribution in [0.3, 0.4) is 0 Å². The van der Waals surface area contributed by atoms with E-state index in [0.29, 0.717) is 24.5 Å². The average Bonchev–Trinajstić information content (AvgIpc) is 2.79. The van der Waals surface area contributed by atoms with Gasteiger partial charge in [-0.3, -0.25) is 4.79 Å². The van der Waals surface area contributed by atoms with Crippen LogP contribution >= 0.6 is 0 Å². The van der Waals surface area contributed by atoms with Crippen LogP contribution in [0.1, 0.15) is 51.4 Å². The first kappa shape index (κ1) is 27.7. The molecule has 1 aromatic rings. The van der Waals surface area contributed by atoms with Crippen LogP contribution in [0.5, 0.6) is 5.75 Å². The molecule has 0 saturated heterocycles.